The Bertz CT molecular complexity index is 3500. The number of fused-ring (bicyclic) bond motifs is 6. The van der Waals surface area contributed by atoms with Gasteiger partial charge in [0.2, 0.25) is 0 Å². The highest BCUT2D eigenvalue weighted by molar-refractivity contribution is 7.25. The molecule has 0 saturated carbocycles. The Hall–Kier alpha value is -7.72. The summed E-state index contributed by atoms with van der Waals surface area (Å²) in [4.78, 5) is 10.8. The molecule has 9 aromatic carbocycles. The van der Waals surface area contributed by atoms with Crippen molar-refractivity contribution in [1.29, 1.82) is 0 Å². The van der Waals surface area contributed by atoms with E-state index in [1.807, 2.05) is 17.4 Å². The van der Waals surface area contributed by atoms with Gasteiger partial charge in [0, 0.05) is 42.3 Å². The van der Waals surface area contributed by atoms with Crippen LogP contribution in [0.1, 0.15) is 23.6 Å². The Morgan fingerprint density at radius 1 is 0.349 bits per heavy atom. The van der Waals surface area contributed by atoms with E-state index < -0.39 is 0 Å². The summed E-state index contributed by atoms with van der Waals surface area (Å²) < 4.78 is 2.60. The Morgan fingerprint density at radius 3 is 1.67 bits per heavy atom. The summed E-state index contributed by atoms with van der Waals surface area (Å²) in [5.41, 5.74) is 17.9. The largest absolute Gasteiger partial charge is 0.228 e. The Labute approximate surface area is 371 Å². The third kappa shape index (κ3) is 6.31. The Balaban J connectivity index is 1.08. The molecule has 0 amide bonds. The number of benzene rings is 9. The van der Waals surface area contributed by atoms with Crippen molar-refractivity contribution < 1.29 is 0 Å². The first-order chi connectivity index (χ1) is 31.1. The van der Waals surface area contributed by atoms with Crippen molar-refractivity contribution in [2.75, 3.05) is 0 Å². The minimum Gasteiger partial charge on any atom is -0.228 e. The number of nitrogens with zero attached hydrogens (tertiary/aromatic N) is 2. The van der Waals surface area contributed by atoms with Crippen LogP contribution < -0.4 is 0 Å². The van der Waals surface area contributed by atoms with E-state index in [9.17, 15) is 0 Å². The van der Waals surface area contributed by atoms with Gasteiger partial charge in [-0.15, -0.1) is 11.3 Å². The highest BCUT2D eigenvalue weighted by Crippen LogP contribution is 2.55. The smallest absolute Gasteiger partial charge is 0.160 e. The van der Waals surface area contributed by atoms with Gasteiger partial charge in [0.15, 0.2) is 5.82 Å². The van der Waals surface area contributed by atoms with E-state index in [1.165, 1.54) is 64.7 Å². The second-order valence-corrected chi connectivity index (χ2v) is 17.7. The van der Waals surface area contributed by atoms with E-state index in [2.05, 4.69) is 225 Å². The average molecular weight is 821 g/mol. The zero-order chi connectivity index (χ0) is 41.9. The monoisotopic (exact) mass is 820 g/mol. The topological polar surface area (TPSA) is 25.8 Å². The van der Waals surface area contributed by atoms with Gasteiger partial charge in [-0.05, 0) is 111 Å². The van der Waals surface area contributed by atoms with Crippen LogP contribution in [0.15, 0.2) is 224 Å². The van der Waals surface area contributed by atoms with Crippen molar-refractivity contribution in [2.45, 2.75) is 12.3 Å². The average Bonchev–Trinajstić information content (AvgIpc) is 3.87. The molecule has 2 heterocycles. The van der Waals surface area contributed by atoms with Gasteiger partial charge in [0.1, 0.15) is 0 Å². The molecule has 0 radical (unpaired) electrons. The quantitative estimate of drug-likeness (QED) is 0.160. The maximum atomic E-state index is 5.42. The summed E-state index contributed by atoms with van der Waals surface area (Å²) >= 11 is 1.85. The third-order valence-electron chi connectivity index (χ3n) is 13.0. The van der Waals surface area contributed by atoms with E-state index in [4.69, 9.17) is 9.97 Å². The first kappa shape index (κ1) is 37.1. The van der Waals surface area contributed by atoms with Gasteiger partial charge in [0.05, 0.1) is 11.4 Å². The number of aromatic nitrogens is 2. The van der Waals surface area contributed by atoms with Crippen LogP contribution in [0, 0.1) is 0 Å². The predicted molar refractivity (Wildman–Crippen MR) is 265 cm³/mol. The molecule has 0 saturated heterocycles. The van der Waals surface area contributed by atoms with E-state index in [-0.39, 0.29) is 5.41 Å². The van der Waals surface area contributed by atoms with Gasteiger partial charge < -0.3 is 0 Å². The van der Waals surface area contributed by atoms with E-state index in [0.29, 0.717) is 5.82 Å². The molecule has 0 bridgehead atoms. The predicted octanol–water partition coefficient (Wildman–Crippen LogP) is 16.2. The van der Waals surface area contributed by atoms with Gasteiger partial charge in [0.25, 0.3) is 0 Å². The van der Waals surface area contributed by atoms with Gasteiger partial charge in [-0.3, -0.25) is 0 Å². The number of hydrogen-bond donors (Lipinski definition) is 0. The van der Waals surface area contributed by atoms with Crippen LogP contribution in [-0.2, 0) is 5.41 Å². The van der Waals surface area contributed by atoms with Crippen molar-refractivity contribution in [3.63, 3.8) is 0 Å². The standard InChI is InChI=1S/C60H40N2S/c1-60(47-20-9-4-10-21-47)52-25-13-11-23-49(52)58-50(24-15-26-53(58)60)55-38-54(61-59(62-55)42-18-7-3-8-19-42)46-35-44(41-30-28-40(29-31-41)39-16-5-2-6-17-39)34-45(36-46)43-32-33-57-51(37-43)48-22-12-14-27-56(48)63-57/h2-38H,1H3. The third-order valence-corrected chi connectivity index (χ3v) is 14.1. The lowest BCUT2D eigenvalue weighted by atomic mass is 9.74. The minimum absolute atomic E-state index is 0.324. The van der Waals surface area contributed by atoms with Crippen LogP contribution >= 0.6 is 11.3 Å². The molecule has 2 aromatic heterocycles. The summed E-state index contributed by atoms with van der Waals surface area (Å²) in [6, 6.07) is 81.3. The lowest BCUT2D eigenvalue weighted by Crippen LogP contribution is -2.22. The lowest BCUT2D eigenvalue weighted by molar-refractivity contribution is 0.714. The molecule has 2 nitrogen and oxygen atoms in total. The summed E-state index contributed by atoms with van der Waals surface area (Å²) in [5, 5.41) is 2.57. The van der Waals surface area contributed by atoms with Crippen molar-refractivity contribution in [3.8, 4) is 78.4 Å². The first-order valence-corrected chi connectivity index (χ1v) is 22.4. The molecule has 63 heavy (non-hydrogen) atoms. The molecular weight excluding hydrogens is 781 g/mol. The summed E-state index contributed by atoms with van der Waals surface area (Å²) in [5.74, 6) is 0.697. The highest BCUT2D eigenvalue weighted by Gasteiger charge is 2.41. The molecule has 0 N–H and O–H groups in total. The fraction of sp³-hybridized carbons (Fsp3) is 0.0333. The summed E-state index contributed by atoms with van der Waals surface area (Å²) in [7, 11) is 0. The molecule has 0 aliphatic heterocycles. The molecule has 1 atom stereocenters. The molecule has 296 valence electrons. The molecule has 1 unspecified atom stereocenters. The number of thiophene rings is 1. The summed E-state index contributed by atoms with van der Waals surface area (Å²) in [6.07, 6.45) is 0. The molecule has 0 spiro atoms. The fourth-order valence-electron chi connectivity index (χ4n) is 9.79. The van der Waals surface area contributed by atoms with E-state index in [0.717, 1.165) is 44.8 Å². The van der Waals surface area contributed by atoms with E-state index in [1.54, 1.807) is 0 Å². The molecule has 3 heteroatoms. The second kappa shape index (κ2) is 15.0. The maximum absolute atomic E-state index is 5.42. The Kier molecular flexibility index (Phi) is 8.84. The normalized spacial score (nSPS) is 14.2. The molecule has 0 fully saturated rings. The molecule has 1 aliphatic rings. The van der Waals surface area contributed by atoms with Gasteiger partial charge in [-0.2, -0.15) is 0 Å². The second-order valence-electron chi connectivity index (χ2n) is 16.6. The first-order valence-electron chi connectivity index (χ1n) is 21.6. The Morgan fingerprint density at radius 2 is 0.889 bits per heavy atom. The number of hydrogen-bond acceptors (Lipinski definition) is 3. The maximum Gasteiger partial charge on any atom is 0.160 e. The van der Waals surface area contributed by atoms with Crippen LogP contribution in [0.3, 0.4) is 0 Å². The SMILES string of the molecule is CC1(c2ccccc2)c2ccccc2-c2c(-c3cc(-c4cc(-c5ccc(-c6ccccc6)cc5)cc(-c5ccc6sc7ccccc7c6c5)c4)nc(-c4ccccc4)n3)cccc21. The van der Waals surface area contributed by atoms with Crippen LogP contribution in [0.25, 0.3) is 98.6 Å². The van der Waals surface area contributed by atoms with Crippen molar-refractivity contribution in [3.05, 3.63) is 241 Å². The van der Waals surface area contributed by atoms with Crippen molar-refractivity contribution in [2.24, 2.45) is 0 Å². The van der Waals surface area contributed by atoms with E-state index >= 15 is 0 Å². The van der Waals surface area contributed by atoms with Crippen LogP contribution in [0.5, 0.6) is 0 Å². The fourth-order valence-corrected chi connectivity index (χ4v) is 10.9. The lowest BCUT2D eigenvalue weighted by Gasteiger charge is -2.28. The molecular formula is C60H40N2S. The molecule has 11 aromatic rings. The van der Waals surface area contributed by atoms with Crippen molar-refractivity contribution >= 4 is 31.5 Å². The number of rotatable bonds is 7. The van der Waals surface area contributed by atoms with Crippen LogP contribution in [0.2, 0.25) is 0 Å². The zero-order valence-electron chi connectivity index (χ0n) is 34.7. The van der Waals surface area contributed by atoms with Gasteiger partial charge in [-0.1, -0.05) is 182 Å². The summed E-state index contributed by atoms with van der Waals surface area (Å²) in [6.45, 7) is 2.37. The van der Waals surface area contributed by atoms with Crippen molar-refractivity contribution in [1.82, 2.24) is 9.97 Å². The molecule has 12 rings (SSSR count). The highest BCUT2D eigenvalue weighted by atomic mass is 32.1. The zero-order valence-corrected chi connectivity index (χ0v) is 35.5. The van der Waals surface area contributed by atoms with Crippen LogP contribution in [-0.4, -0.2) is 9.97 Å². The molecule has 1 aliphatic carbocycles. The van der Waals surface area contributed by atoms with Crippen LogP contribution in [0.4, 0.5) is 0 Å². The van der Waals surface area contributed by atoms with Gasteiger partial charge >= 0.3 is 0 Å². The minimum atomic E-state index is -0.324. The van der Waals surface area contributed by atoms with Gasteiger partial charge in [-0.25, -0.2) is 9.97 Å².